The Morgan fingerprint density at radius 2 is 1.83 bits per heavy atom. The molecule has 0 bridgehead atoms. The second-order valence-electron chi connectivity index (χ2n) is 6.13. The molecule has 0 aromatic heterocycles. The van der Waals surface area contributed by atoms with Crippen molar-refractivity contribution in [2.24, 2.45) is 0 Å². The van der Waals surface area contributed by atoms with Crippen LogP contribution in [0.15, 0.2) is 48.5 Å². The monoisotopic (exact) mass is 311 g/mol. The van der Waals surface area contributed by atoms with E-state index in [1.165, 1.54) is 11.1 Å². The standard InChI is InChI=1S/C20H25NO2/c1-14(2)17-10-7-11-19(12-17)23-16(4)20(22)21-13-18-9-6-5-8-15(18)3/h5-12,14,16H,13H2,1-4H3,(H,21,22). The van der Waals surface area contributed by atoms with Crippen molar-refractivity contribution < 1.29 is 9.53 Å². The molecule has 0 aliphatic heterocycles. The van der Waals surface area contributed by atoms with Crippen molar-refractivity contribution in [1.29, 1.82) is 0 Å². The lowest BCUT2D eigenvalue weighted by molar-refractivity contribution is -0.127. The van der Waals surface area contributed by atoms with E-state index in [1.807, 2.05) is 49.4 Å². The van der Waals surface area contributed by atoms with Gasteiger partial charge in [0.05, 0.1) is 0 Å². The zero-order chi connectivity index (χ0) is 16.8. The number of nitrogens with one attached hydrogen (secondary N) is 1. The fraction of sp³-hybridized carbons (Fsp3) is 0.350. The van der Waals surface area contributed by atoms with Crippen molar-refractivity contribution in [3.63, 3.8) is 0 Å². The molecule has 0 aliphatic carbocycles. The number of carbonyl (C=O) groups excluding carboxylic acids is 1. The maximum absolute atomic E-state index is 12.2. The summed E-state index contributed by atoms with van der Waals surface area (Å²) in [4.78, 5) is 12.2. The lowest BCUT2D eigenvalue weighted by Gasteiger charge is -2.16. The van der Waals surface area contributed by atoms with Gasteiger partial charge in [-0.05, 0) is 48.6 Å². The Morgan fingerprint density at radius 3 is 2.52 bits per heavy atom. The molecule has 2 aromatic rings. The molecule has 0 spiro atoms. The minimum absolute atomic E-state index is 0.108. The van der Waals surface area contributed by atoms with Crippen molar-refractivity contribution in [3.05, 3.63) is 65.2 Å². The largest absolute Gasteiger partial charge is 0.481 e. The van der Waals surface area contributed by atoms with Crippen LogP contribution in [0.3, 0.4) is 0 Å². The van der Waals surface area contributed by atoms with Gasteiger partial charge >= 0.3 is 0 Å². The van der Waals surface area contributed by atoms with Gasteiger partial charge in [-0.25, -0.2) is 0 Å². The summed E-state index contributed by atoms with van der Waals surface area (Å²) >= 11 is 0. The third kappa shape index (κ3) is 4.85. The fourth-order valence-electron chi connectivity index (χ4n) is 2.34. The maximum atomic E-state index is 12.2. The molecular weight excluding hydrogens is 286 g/mol. The first-order chi connectivity index (χ1) is 11.0. The summed E-state index contributed by atoms with van der Waals surface area (Å²) < 4.78 is 5.77. The third-order valence-corrected chi connectivity index (χ3v) is 3.92. The van der Waals surface area contributed by atoms with Crippen LogP contribution in [-0.2, 0) is 11.3 Å². The van der Waals surface area contributed by atoms with E-state index in [2.05, 4.69) is 25.2 Å². The Balaban J connectivity index is 1.92. The molecule has 1 amide bonds. The second-order valence-corrected chi connectivity index (χ2v) is 6.13. The predicted octanol–water partition coefficient (Wildman–Crippen LogP) is 4.20. The first-order valence-corrected chi connectivity index (χ1v) is 8.06. The highest BCUT2D eigenvalue weighted by Crippen LogP contribution is 2.21. The van der Waals surface area contributed by atoms with E-state index in [0.717, 1.165) is 11.3 Å². The zero-order valence-corrected chi connectivity index (χ0v) is 14.3. The molecule has 3 nitrogen and oxygen atoms in total. The van der Waals surface area contributed by atoms with Gasteiger partial charge in [0.25, 0.3) is 5.91 Å². The molecule has 0 heterocycles. The molecule has 122 valence electrons. The third-order valence-electron chi connectivity index (χ3n) is 3.92. The van der Waals surface area contributed by atoms with Gasteiger partial charge in [-0.2, -0.15) is 0 Å². The lowest BCUT2D eigenvalue weighted by atomic mass is 10.0. The molecule has 1 unspecified atom stereocenters. The van der Waals surface area contributed by atoms with Crippen LogP contribution in [0.4, 0.5) is 0 Å². The molecule has 23 heavy (non-hydrogen) atoms. The smallest absolute Gasteiger partial charge is 0.261 e. The number of hydrogen-bond donors (Lipinski definition) is 1. The Labute approximate surface area is 138 Å². The molecule has 0 fully saturated rings. The van der Waals surface area contributed by atoms with Crippen molar-refractivity contribution in [2.75, 3.05) is 0 Å². The summed E-state index contributed by atoms with van der Waals surface area (Å²) in [6.45, 7) is 8.61. The number of hydrogen-bond acceptors (Lipinski definition) is 2. The molecule has 1 N–H and O–H groups in total. The van der Waals surface area contributed by atoms with Gasteiger partial charge in [-0.3, -0.25) is 4.79 Å². The van der Waals surface area contributed by atoms with Gasteiger partial charge in [-0.1, -0.05) is 50.2 Å². The van der Waals surface area contributed by atoms with Crippen LogP contribution in [0.25, 0.3) is 0 Å². The number of benzene rings is 2. The van der Waals surface area contributed by atoms with Gasteiger partial charge in [0.15, 0.2) is 6.10 Å². The van der Waals surface area contributed by atoms with E-state index < -0.39 is 6.10 Å². The Morgan fingerprint density at radius 1 is 1.09 bits per heavy atom. The topological polar surface area (TPSA) is 38.3 Å². The van der Waals surface area contributed by atoms with E-state index in [9.17, 15) is 4.79 Å². The summed E-state index contributed by atoms with van der Waals surface area (Å²) in [7, 11) is 0. The predicted molar refractivity (Wildman–Crippen MR) is 93.6 cm³/mol. The molecule has 0 saturated carbocycles. The highest BCUT2D eigenvalue weighted by atomic mass is 16.5. The first-order valence-electron chi connectivity index (χ1n) is 8.06. The van der Waals surface area contributed by atoms with Crippen LogP contribution in [0.1, 0.15) is 43.4 Å². The number of amides is 1. The molecule has 1 atom stereocenters. The summed E-state index contributed by atoms with van der Waals surface area (Å²) in [5.74, 6) is 1.06. The minimum atomic E-state index is -0.526. The number of carbonyl (C=O) groups is 1. The maximum Gasteiger partial charge on any atom is 0.261 e. The molecule has 2 rings (SSSR count). The fourth-order valence-corrected chi connectivity index (χ4v) is 2.34. The highest BCUT2D eigenvalue weighted by molar-refractivity contribution is 5.80. The first kappa shape index (κ1) is 17.1. The van der Waals surface area contributed by atoms with Gasteiger partial charge in [-0.15, -0.1) is 0 Å². The Bertz CT molecular complexity index is 664. The highest BCUT2D eigenvalue weighted by Gasteiger charge is 2.15. The lowest BCUT2D eigenvalue weighted by Crippen LogP contribution is -2.36. The van der Waals surface area contributed by atoms with E-state index in [0.29, 0.717) is 12.5 Å². The van der Waals surface area contributed by atoms with Gasteiger partial charge in [0, 0.05) is 6.54 Å². The molecule has 2 aromatic carbocycles. The van der Waals surface area contributed by atoms with E-state index in [-0.39, 0.29) is 5.91 Å². The normalized spacial score (nSPS) is 12.0. The number of ether oxygens (including phenoxy) is 1. The minimum Gasteiger partial charge on any atom is -0.481 e. The van der Waals surface area contributed by atoms with Gasteiger partial charge in [0.2, 0.25) is 0 Å². The van der Waals surface area contributed by atoms with Crippen molar-refractivity contribution in [1.82, 2.24) is 5.32 Å². The van der Waals surface area contributed by atoms with Gasteiger partial charge < -0.3 is 10.1 Å². The average Bonchev–Trinajstić information content (AvgIpc) is 2.54. The Kier molecular flexibility index (Phi) is 5.80. The molecule has 3 heteroatoms. The second kappa shape index (κ2) is 7.82. The van der Waals surface area contributed by atoms with Crippen LogP contribution in [-0.4, -0.2) is 12.0 Å². The molecule has 0 aliphatic rings. The van der Waals surface area contributed by atoms with E-state index >= 15 is 0 Å². The number of aryl methyl sites for hydroxylation is 1. The number of rotatable bonds is 6. The van der Waals surface area contributed by atoms with Crippen LogP contribution >= 0.6 is 0 Å². The van der Waals surface area contributed by atoms with Crippen LogP contribution < -0.4 is 10.1 Å². The van der Waals surface area contributed by atoms with Crippen LogP contribution in [0.5, 0.6) is 5.75 Å². The zero-order valence-electron chi connectivity index (χ0n) is 14.3. The summed E-state index contributed by atoms with van der Waals surface area (Å²) in [6, 6.07) is 15.9. The summed E-state index contributed by atoms with van der Waals surface area (Å²) in [5, 5.41) is 2.93. The van der Waals surface area contributed by atoms with Crippen molar-refractivity contribution >= 4 is 5.91 Å². The average molecular weight is 311 g/mol. The quantitative estimate of drug-likeness (QED) is 0.868. The molecule has 0 radical (unpaired) electrons. The van der Waals surface area contributed by atoms with Gasteiger partial charge in [0.1, 0.15) is 5.75 Å². The molecule has 0 saturated heterocycles. The SMILES string of the molecule is Cc1ccccc1CNC(=O)C(C)Oc1cccc(C(C)C)c1. The summed E-state index contributed by atoms with van der Waals surface area (Å²) in [5.41, 5.74) is 3.50. The van der Waals surface area contributed by atoms with Crippen LogP contribution in [0.2, 0.25) is 0 Å². The Hall–Kier alpha value is -2.29. The van der Waals surface area contributed by atoms with E-state index in [1.54, 1.807) is 6.92 Å². The molecular formula is C20H25NO2. The van der Waals surface area contributed by atoms with Crippen molar-refractivity contribution in [3.8, 4) is 5.75 Å². The van der Waals surface area contributed by atoms with E-state index in [4.69, 9.17) is 4.74 Å². The van der Waals surface area contributed by atoms with Crippen molar-refractivity contribution in [2.45, 2.75) is 46.3 Å². The summed E-state index contributed by atoms with van der Waals surface area (Å²) in [6.07, 6.45) is -0.526. The van der Waals surface area contributed by atoms with Crippen LogP contribution in [0, 0.1) is 6.92 Å².